The van der Waals surface area contributed by atoms with Crippen molar-refractivity contribution in [2.24, 2.45) is 16.2 Å². The minimum atomic E-state index is -0.616. The Hall–Kier alpha value is -1.84. The number of carbonyl (C=O) groups excluding carboxylic acids is 2. The molecule has 0 spiro atoms. The standard InChI is InChI=1S/C21H32O4/c1-19(2,3)15-21(7,20(4,5)6)18(23)25-14-13-24-17(22)16-11-9-8-10-12-16/h8-12H,13-15H2,1-7H3. The molecule has 0 aliphatic heterocycles. The van der Waals surface area contributed by atoms with Crippen LogP contribution in [-0.4, -0.2) is 25.2 Å². The zero-order valence-corrected chi connectivity index (χ0v) is 16.6. The molecule has 0 fully saturated rings. The van der Waals surface area contributed by atoms with Gasteiger partial charge in [-0.1, -0.05) is 59.7 Å². The molecule has 0 heterocycles. The monoisotopic (exact) mass is 348 g/mol. The molecule has 0 N–H and O–H groups in total. The van der Waals surface area contributed by atoms with E-state index in [0.29, 0.717) is 12.0 Å². The molecular formula is C21H32O4. The Labute approximate surface area is 151 Å². The van der Waals surface area contributed by atoms with Crippen molar-refractivity contribution in [2.45, 2.75) is 54.9 Å². The summed E-state index contributed by atoms with van der Waals surface area (Å²) in [5.41, 5.74) is -0.366. The van der Waals surface area contributed by atoms with Gasteiger partial charge in [-0.15, -0.1) is 0 Å². The highest BCUT2D eigenvalue weighted by molar-refractivity contribution is 5.89. The Morgan fingerprint density at radius 1 is 0.840 bits per heavy atom. The highest BCUT2D eigenvalue weighted by Crippen LogP contribution is 2.47. The molecule has 4 nitrogen and oxygen atoms in total. The number of carbonyl (C=O) groups is 2. The Kier molecular flexibility index (Phi) is 6.81. The first-order valence-corrected chi connectivity index (χ1v) is 8.76. The molecule has 1 atom stereocenters. The molecule has 1 unspecified atom stereocenters. The van der Waals surface area contributed by atoms with Crippen LogP contribution in [0.4, 0.5) is 0 Å². The van der Waals surface area contributed by atoms with Gasteiger partial charge in [0, 0.05) is 0 Å². The smallest absolute Gasteiger partial charge is 0.338 e. The Balaban J connectivity index is 2.60. The fourth-order valence-electron chi connectivity index (χ4n) is 2.79. The van der Waals surface area contributed by atoms with Gasteiger partial charge in [0.1, 0.15) is 13.2 Å². The number of benzene rings is 1. The molecule has 0 saturated carbocycles. The zero-order chi connectivity index (χ0) is 19.3. The van der Waals surface area contributed by atoms with E-state index in [1.54, 1.807) is 24.3 Å². The van der Waals surface area contributed by atoms with Crippen LogP contribution in [0.25, 0.3) is 0 Å². The fraction of sp³-hybridized carbons (Fsp3) is 0.619. The van der Waals surface area contributed by atoms with Crippen molar-refractivity contribution in [1.29, 1.82) is 0 Å². The third-order valence-electron chi connectivity index (χ3n) is 4.55. The molecule has 4 heteroatoms. The number of hydrogen-bond donors (Lipinski definition) is 0. The van der Waals surface area contributed by atoms with E-state index in [1.807, 2.05) is 13.0 Å². The molecule has 1 rings (SSSR count). The second kappa shape index (κ2) is 8.03. The van der Waals surface area contributed by atoms with Crippen LogP contribution in [0.15, 0.2) is 30.3 Å². The second-order valence-corrected chi connectivity index (χ2v) is 8.96. The maximum Gasteiger partial charge on any atom is 0.338 e. The van der Waals surface area contributed by atoms with E-state index in [2.05, 4.69) is 41.5 Å². The van der Waals surface area contributed by atoms with Crippen molar-refractivity contribution in [3.63, 3.8) is 0 Å². The molecule has 0 bridgehead atoms. The van der Waals surface area contributed by atoms with Gasteiger partial charge in [-0.2, -0.15) is 0 Å². The van der Waals surface area contributed by atoms with Crippen LogP contribution < -0.4 is 0 Å². The molecule has 25 heavy (non-hydrogen) atoms. The molecule has 1 aromatic carbocycles. The van der Waals surface area contributed by atoms with Gasteiger partial charge in [0.05, 0.1) is 11.0 Å². The molecule has 0 amide bonds. The third-order valence-corrected chi connectivity index (χ3v) is 4.55. The summed E-state index contributed by atoms with van der Waals surface area (Å²) in [6.45, 7) is 14.6. The number of rotatable bonds is 6. The SMILES string of the molecule is CC(C)(C)CC(C)(C(=O)OCCOC(=O)c1ccccc1)C(C)(C)C. The molecule has 0 aliphatic rings. The van der Waals surface area contributed by atoms with Crippen LogP contribution in [-0.2, 0) is 14.3 Å². The summed E-state index contributed by atoms with van der Waals surface area (Å²) >= 11 is 0. The Bertz CT molecular complexity index is 578. The zero-order valence-electron chi connectivity index (χ0n) is 16.6. The first-order valence-electron chi connectivity index (χ1n) is 8.76. The van der Waals surface area contributed by atoms with E-state index in [-0.39, 0.29) is 30.0 Å². The molecule has 0 aromatic heterocycles. The average Bonchev–Trinajstić information content (AvgIpc) is 2.49. The van der Waals surface area contributed by atoms with E-state index < -0.39 is 11.4 Å². The first kappa shape index (κ1) is 21.2. The van der Waals surface area contributed by atoms with Crippen molar-refractivity contribution in [2.75, 3.05) is 13.2 Å². The van der Waals surface area contributed by atoms with Gasteiger partial charge < -0.3 is 9.47 Å². The van der Waals surface area contributed by atoms with Gasteiger partial charge in [0.15, 0.2) is 0 Å². The van der Waals surface area contributed by atoms with Crippen LogP contribution in [0, 0.1) is 16.2 Å². The van der Waals surface area contributed by atoms with Crippen molar-refractivity contribution in [3.05, 3.63) is 35.9 Å². The lowest BCUT2D eigenvalue weighted by molar-refractivity contribution is -0.165. The quantitative estimate of drug-likeness (QED) is 0.543. The van der Waals surface area contributed by atoms with Crippen molar-refractivity contribution in [1.82, 2.24) is 0 Å². The Morgan fingerprint density at radius 3 is 1.84 bits per heavy atom. The van der Waals surface area contributed by atoms with E-state index in [4.69, 9.17) is 9.47 Å². The fourth-order valence-corrected chi connectivity index (χ4v) is 2.79. The lowest BCUT2D eigenvalue weighted by atomic mass is 9.61. The Morgan fingerprint density at radius 2 is 1.36 bits per heavy atom. The summed E-state index contributed by atoms with van der Waals surface area (Å²) in [5.74, 6) is -0.657. The summed E-state index contributed by atoms with van der Waals surface area (Å²) in [4.78, 5) is 24.6. The van der Waals surface area contributed by atoms with Gasteiger partial charge in [0.2, 0.25) is 0 Å². The predicted molar refractivity (Wildman–Crippen MR) is 99.3 cm³/mol. The van der Waals surface area contributed by atoms with Gasteiger partial charge in [-0.05, 0) is 36.3 Å². The summed E-state index contributed by atoms with van der Waals surface area (Å²) < 4.78 is 10.6. The molecule has 0 saturated heterocycles. The van der Waals surface area contributed by atoms with Crippen LogP contribution >= 0.6 is 0 Å². The van der Waals surface area contributed by atoms with Crippen LogP contribution in [0.1, 0.15) is 65.2 Å². The van der Waals surface area contributed by atoms with Crippen molar-refractivity contribution in [3.8, 4) is 0 Å². The maximum atomic E-state index is 12.7. The average molecular weight is 348 g/mol. The molecule has 1 aromatic rings. The van der Waals surface area contributed by atoms with Crippen molar-refractivity contribution < 1.29 is 19.1 Å². The van der Waals surface area contributed by atoms with E-state index in [9.17, 15) is 9.59 Å². The molecular weight excluding hydrogens is 316 g/mol. The first-order chi connectivity index (χ1) is 11.4. The topological polar surface area (TPSA) is 52.6 Å². The van der Waals surface area contributed by atoms with Crippen molar-refractivity contribution >= 4 is 11.9 Å². The maximum absolute atomic E-state index is 12.7. The van der Waals surface area contributed by atoms with E-state index in [1.165, 1.54) is 0 Å². The molecule has 0 aliphatic carbocycles. The van der Waals surface area contributed by atoms with Crippen LogP contribution in [0.3, 0.4) is 0 Å². The minimum Gasteiger partial charge on any atom is -0.462 e. The third kappa shape index (κ3) is 6.18. The predicted octanol–water partition coefficient (Wildman–Crippen LogP) is 4.88. The van der Waals surface area contributed by atoms with Gasteiger partial charge in [-0.25, -0.2) is 4.79 Å². The highest BCUT2D eigenvalue weighted by atomic mass is 16.6. The molecule has 0 radical (unpaired) electrons. The summed E-state index contributed by atoms with van der Waals surface area (Å²) in [5, 5.41) is 0. The normalized spacial score (nSPS) is 14.5. The second-order valence-electron chi connectivity index (χ2n) is 8.96. The minimum absolute atomic E-state index is 0.000819. The number of ether oxygens (including phenoxy) is 2. The van der Waals surface area contributed by atoms with Crippen LogP contribution in [0.5, 0.6) is 0 Å². The summed E-state index contributed by atoms with van der Waals surface area (Å²) in [6, 6.07) is 8.76. The van der Waals surface area contributed by atoms with E-state index in [0.717, 1.165) is 0 Å². The number of hydrogen-bond acceptors (Lipinski definition) is 4. The van der Waals surface area contributed by atoms with Gasteiger partial charge >= 0.3 is 11.9 Å². The lowest BCUT2D eigenvalue weighted by Crippen LogP contribution is -2.44. The van der Waals surface area contributed by atoms with Gasteiger partial charge in [-0.3, -0.25) is 4.79 Å². The van der Waals surface area contributed by atoms with Crippen LogP contribution in [0.2, 0.25) is 0 Å². The highest BCUT2D eigenvalue weighted by Gasteiger charge is 2.47. The summed E-state index contributed by atoms with van der Waals surface area (Å²) in [7, 11) is 0. The lowest BCUT2D eigenvalue weighted by Gasteiger charge is -2.43. The largest absolute Gasteiger partial charge is 0.462 e. The number of esters is 2. The summed E-state index contributed by atoms with van der Waals surface area (Å²) in [6.07, 6.45) is 0.714. The van der Waals surface area contributed by atoms with Gasteiger partial charge in [0.25, 0.3) is 0 Å². The molecule has 140 valence electrons. The van der Waals surface area contributed by atoms with E-state index >= 15 is 0 Å².